The molecule has 3 aromatic rings. The van der Waals surface area contributed by atoms with Crippen molar-refractivity contribution in [3.63, 3.8) is 0 Å². The summed E-state index contributed by atoms with van der Waals surface area (Å²) in [5, 5.41) is 2.75. The Labute approximate surface area is 145 Å². The van der Waals surface area contributed by atoms with Crippen molar-refractivity contribution in [3.8, 4) is 11.5 Å². The summed E-state index contributed by atoms with van der Waals surface area (Å²) in [6.45, 7) is 2.48. The van der Waals surface area contributed by atoms with E-state index in [9.17, 15) is 4.79 Å². The highest BCUT2D eigenvalue weighted by Crippen LogP contribution is 2.28. The van der Waals surface area contributed by atoms with Crippen molar-refractivity contribution in [2.45, 2.75) is 6.92 Å². The molecule has 2 heterocycles. The first-order valence-corrected chi connectivity index (χ1v) is 7.93. The highest BCUT2D eigenvalue weighted by Gasteiger charge is 2.05. The van der Waals surface area contributed by atoms with Gasteiger partial charge in [0.25, 0.3) is 0 Å². The molecule has 0 aliphatic carbocycles. The fraction of sp³-hybridized carbons (Fsp3) is 0.158. The Morgan fingerprint density at radius 3 is 2.92 bits per heavy atom. The van der Waals surface area contributed by atoms with Gasteiger partial charge in [0.15, 0.2) is 17.3 Å². The summed E-state index contributed by atoms with van der Waals surface area (Å²) >= 11 is 0. The molecule has 1 N–H and O–H groups in total. The summed E-state index contributed by atoms with van der Waals surface area (Å²) in [5.41, 5.74) is 1.61. The van der Waals surface area contributed by atoms with Crippen molar-refractivity contribution < 1.29 is 14.3 Å². The smallest absolute Gasteiger partial charge is 0.249 e. The van der Waals surface area contributed by atoms with Crippen LogP contribution in [0.5, 0.6) is 11.5 Å². The lowest BCUT2D eigenvalue weighted by Gasteiger charge is -2.09. The number of carbonyl (C=O) groups is 1. The average molecular weight is 337 g/mol. The minimum atomic E-state index is -0.253. The second-order valence-corrected chi connectivity index (χ2v) is 5.26. The molecule has 0 aliphatic rings. The van der Waals surface area contributed by atoms with Gasteiger partial charge >= 0.3 is 0 Å². The quantitative estimate of drug-likeness (QED) is 0.700. The number of nitrogens with zero attached hydrogens (tertiary/aromatic N) is 2. The molecule has 3 rings (SSSR count). The number of methoxy groups -OCH3 is 1. The second-order valence-electron chi connectivity index (χ2n) is 5.26. The molecule has 128 valence electrons. The molecule has 1 aromatic carbocycles. The van der Waals surface area contributed by atoms with Gasteiger partial charge in [0.05, 0.1) is 19.9 Å². The maximum absolute atomic E-state index is 12.1. The molecule has 0 bridgehead atoms. The predicted octanol–water partition coefficient (Wildman–Crippen LogP) is 3.39. The van der Waals surface area contributed by atoms with E-state index in [2.05, 4.69) is 10.3 Å². The van der Waals surface area contributed by atoms with E-state index in [1.807, 2.05) is 53.9 Å². The van der Waals surface area contributed by atoms with Gasteiger partial charge < -0.3 is 19.2 Å². The van der Waals surface area contributed by atoms with Crippen LogP contribution in [0.4, 0.5) is 5.82 Å². The third-order valence-electron chi connectivity index (χ3n) is 3.53. The molecule has 0 atom stereocenters. The van der Waals surface area contributed by atoms with E-state index in [0.717, 1.165) is 11.2 Å². The second kappa shape index (κ2) is 7.53. The van der Waals surface area contributed by atoms with Crippen molar-refractivity contribution in [2.24, 2.45) is 0 Å². The third-order valence-corrected chi connectivity index (χ3v) is 3.53. The molecule has 0 aliphatic heterocycles. The van der Waals surface area contributed by atoms with E-state index >= 15 is 0 Å². The summed E-state index contributed by atoms with van der Waals surface area (Å²) in [5.74, 6) is 1.56. The summed E-state index contributed by atoms with van der Waals surface area (Å²) in [4.78, 5) is 16.4. The third kappa shape index (κ3) is 3.98. The first kappa shape index (κ1) is 16.6. The van der Waals surface area contributed by atoms with Gasteiger partial charge in [-0.3, -0.25) is 4.79 Å². The Morgan fingerprint density at radius 2 is 2.16 bits per heavy atom. The number of benzene rings is 1. The molecular weight excluding hydrogens is 318 g/mol. The predicted molar refractivity (Wildman–Crippen MR) is 97.0 cm³/mol. The molecule has 1 amide bonds. The van der Waals surface area contributed by atoms with Crippen molar-refractivity contribution in [1.29, 1.82) is 0 Å². The fourth-order valence-electron chi connectivity index (χ4n) is 2.40. The molecule has 6 nitrogen and oxygen atoms in total. The Bertz CT molecular complexity index is 882. The van der Waals surface area contributed by atoms with E-state index in [1.165, 1.54) is 6.08 Å². The number of amides is 1. The zero-order valence-electron chi connectivity index (χ0n) is 14.1. The first-order valence-electron chi connectivity index (χ1n) is 7.93. The summed E-state index contributed by atoms with van der Waals surface area (Å²) in [7, 11) is 1.58. The first-order chi connectivity index (χ1) is 12.2. The van der Waals surface area contributed by atoms with Crippen LogP contribution in [0.25, 0.3) is 11.7 Å². The van der Waals surface area contributed by atoms with Crippen LogP contribution >= 0.6 is 0 Å². The molecule has 0 unspecified atom stereocenters. The molecule has 0 saturated heterocycles. The van der Waals surface area contributed by atoms with Crippen LogP contribution in [0.2, 0.25) is 0 Å². The maximum atomic E-state index is 12.1. The zero-order valence-corrected chi connectivity index (χ0v) is 14.1. The van der Waals surface area contributed by atoms with Gasteiger partial charge in [-0.2, -0.15) is 0 Å². The van der Waals surface area contributed by atoms with E-state index < -0.39 is 0 Å². The summed E-state index contributed by atoms with van der Waals surface area (Å²) in [6, 6.07) is 11.2. The maximum Gasteiger partial charge on any atom is 0.249 e. The zero-order chi connectivity index (χ0) is 17.6. The van der Waals surface area contributed by atoms with Crippen molar-refractivity contribution in [1.82, 2.24) is 9.38 Å². The highest BCUT2D eigenvalue weighted by molar-refractivity contribution is 6.01. The van der Waals surface area contributed by atoms with Crippen molar-refractivity contribution in [2.75, 3.05) is 19.0 Å². The van der Waals surface area contributed by atoms with Gasteiger partial charge in [-0.05, 0) is 42.8 Å². The van der Waals surface area contributed by atoms with Crippen molar-refractivity contribution >= 4 is 23.4 Å². The molecule has 0 spiro atoms. The van der Waals surface area contributed by atoms with E-state index in [4.69, 9.17) is 9.47 Å². The molecule has 0 fully saturated rings. The lowest BCUT2D eigenvalue weighted by molar-refractivity contribution is -0.111. The van der Waals surface area contributed by atoms with Crippen LogP contribution in [0.3, 0.4) is 0 Å². The number of imidazole rings is 1. The van der Waals surface area contributed by atoms with Gasteiger partial charge in [0.1, 0.15) is 5.65 Å². The minimum absolute atomic E-state index is 0.253. The Balaban J connectivity index is 1.69. The van der Waals surface area contributed by atoms with Gasteiger partial charge in [0.2, 0.25) is 5.91 Å². The molecule has 0 radical (unpaired) electrons. The van der Waals surface area contributed by atoms with E-state index in [0.29, 0.717) is 23.9 Å². The van der Waals surface area contributed by atoms with E-state index in [1.54, 1.807) is 19.4 Å². The molecule has 6 heteroatoms. The van der Waals surface area contributed by atoms with Crippen molar-refractivity contribution in [3.05, 3.63) is 60.4 Å². The number of carbonyl (C=O) groups excluding carboxylic acids is 1. The number of ether oxygens (including phenoxy) is 2. The molecule has 2 aromatic heterocycles. The van der Waals surface area contributed by atoms with Crippen LogP contribution < -0.4 is 14.8 Å². The Morgan fingerprint density at radius 1 is 1.28 bits per heavy atom. The van der Waals surface area contributed by atoms with Gasteiger partial charge in [-0.15, -0.1) is 0 Å². The lowest BCUT2D eigenvalue weighted by Crippen LogP contribution is -2.07. The SMILES string of the molecule is CCOc1ccc(/C=C/C(=O)Nc2cn3ccccc3n2)cc1OC. The number of nitrogens with one attached hydrogen (secondary N) is 1. The number of hydrogen-bond acceptors (Lipinski definition) is 4. The number of anilines is 1. The largest absolute Gasteiger partial charge is 0.493 e. The normalized spacial score (nSPS) is 11.0. The Hall–Kier alpha value is -3.28. The van der Waals surface area contributed by atoms with E-state index in [-0.39, 0.29) is 5.91 Å². The number of fused-ring (bicyclic) bond motifs is 1. The van der Waals surface area contributed by atoms with Crippen LogP contribution in [0.15, 0.2) is 54.9 Å². The molecular formula is C19H19N3O3. The molecule has 25 heavy (non-hydrogen) atoms. The summed E-state index contributed by atoms with van der Waals surface area (Å²) in [6.07, 6.45) is 6.81. The Kier molecular flexibility index (Phi) is 4.99. The van der Waals surface area contributed by atoms with Gasteiger partial charge in [0, 0.05) is 12.3 Å². The minimum Gasteiger partial charge on any atom is -0.493 e. The van der Waals surface area contributed by atoms with Crippen LogP contribution in [0.1, 0.15) is 12.5 Å². The molecule has 0 saturated carbocycles. The van der Waals surface area contributed by atoms with Crippen LogP contribution in [-0.2, 0) is 4.79 Å². The highest BCUT2D eigenvalue weighted by atomic mass is 16.5. The average Bonchev–Trinajstić information content (AvgIpc) is 3.03. The number of rotatable bonds is 6. The van der Waals surface area contributed by atoms with Crippen LogP contribution in [0, 0.1) is 0 Å². The summed E-state index contributed by atoms with van der Waals surface area (Å²) < 4.78 is 12.6. The fourth-order valence-corrected chi connectivity index (χ4v) is 2.40. The van der Waals surface area contributed by atoms with Gasteiger partial charge in [-0.25, -0.2) is 4.98 Å². The van der Waals surface area contributed by atoms with Crippen LogP contribution in [-0.4, -0.2) is 29.0 Å². The monoisotopic (exact) mass is 337 g/mol. The number of pyridine rings is 1. The van der Waals surface area contributed by atoms with Gasteiger partial charge in [-0.1, -0.05) is 12.1 Å². The standard InChI is InChI=1S/C19H19N3O3/c1-3-25-15-9-7-14(12-16(15)24-2)8-10-19(23)21-17-13-22-11-5-4-6-18(22)20-17/h4-13H,3H2,1-2H3,(H,21,23)/b10-8+. The topological polar surface area (TPSA) is 64.9 Å². The number of hydrogen-bond donors (Lipinski definition) is 1. The lowest BCUT2D eigenvalue weighted by atomic mass is 10.2. The number of aromatic nitrogens is 2.